The van der Waals surface area contributed by atoms with Crippen LogP contribution < -0.4 is 4.74 Å². The van der Waals surface area contributed by atoms with Crippen molar-refractivity contribution in [3.8, 4) is 27.6 Å². The summed E-state index contributed by atoms with van der Waals surface area (Å²) in [5, 5.41) is 14.6. The van der Waals surface area contributed by atoms with Crippen molar-refractivity contribution in [2.24, 2.45) is 0 Å². The summed E-state index contributed by atoms with van der Waals surface area (Å²) in [4.78, 5) is 19.1. The molecular formula is C28H32N4O3S. The van der Waals surface area contributed by atoms with Crippen molar-refractivity contribution in [1.82, 2.24) is 19.5 Å². The maximum atomic E-state index is 11.1. The summed E-state index contributed by atoms with van der Waals surface area (Å²) in [5.74, 6) is -0.0471. The maximum Gasteiger partial charge on any atom is 0.335 e. The minimum atomic E-state index is -0.936. The predicted molar refractivity (Wildman–Crippen MR) is 143 cm³/mol. The largest absolute Gasteiger partial charge is 0.494 e. The van der Waals surface area contributed by atoms with Gasteiger partial charge in [0.2, 0.25) is 4.96 Å². The van der Waals surface area contributed by atoms with Gasteiger partial charge in [-0.05, 0) is 81.7 Å². The summed E-state index contributed by atoms with van der Waals surface area (Å²) >= 11 is 1.52. The Hall–Kier alpha value is -3.23. The molecule has 0 unspecified atom stereocenters. The highest BCUT2D eigenvalue weighted by molar-refractivity contribution is 7.19. The molecule has 188 valence electrons. The summed E-state index contributed by atoms with van der Waals surface area (Å²) < 4.78 is 7.72. The number of fused-ring (bicyclic) bond motifs is 1. The molecule has 1 N–H and O–H groups in total. The molecular weight excluding hydrogens is 472 g/mol. The van der Waals surface area contributed by atoms with E-state index in [1.54, 1.807) is 28.8 Å². The summed E-state index contributed by atoms with van der Waals surface area (Å²) in [6.07, 6.45) is 10.9. The summed E-state index contributed by atoms with van der Waals surface area (Å²) in [6.45, 7) is 4.59. The van der Waals surface area contributed by atoms with E-state index < -0.39 is 5.97 Å². The summed E-state index contributed by atoms with van der Waals surface area (Å²) in [6, 6.07) is 14.8. The lowest BCUT2D eigenvalue weighted by Crippen LogP contribution is -2.30. The fourth-order valence-corrected chi connectivity index (χ4v) is 5.48. The number of ether oxygens (including phenoxy) is 1. The number of carboxylic acids is 1. The predicted octanol–water partition coefficient (Wildman–Crippen LogP) is 6.25. The van der Waals surface area contributed by atoms with Crippen LogP contribution in [-0.4, -0.2) is 56.8 Å². The van der Waals surface area contributed by atoms with E-state index in [4.69, 9.17) is 9.84 Å². The summed E-state index contributed by atoms with van der Waals surface area (Å²) in [7, 11) is 0. The molecule has 1 aliphatic rings. The number of carbonyl (C=O) groups is 1. The van der Waals surface area contributed by atoms with Gasteiger partial charge < -0.3 is 14.7 Å². The molecule has 2 aromatic carbocycles. The van der Waals surface area contributed by atoms with E-state index in [1.807, 2.05) is 30.5 Å². The fraction of sp³-hybridized carbons (Fsp3) is 0.393. The van der Waals surface area contributed by atoms with Crippen LogP contribution in [0.15, 0.2) is 54.7 Å². The fourth-order valence-electron chi connectivity index (χ4n) is 4.60. The number of rotatable bonds is 11. The second-order valence-corrected chi connectivity index (χ2v) is 10.3. The molecule has 0 bridgehead atoms. The Morgan fingerprint density at radius 2 is 1.64 bits per heavy atom. The van der Waals surface area contributed by atoms with Crippen LogP contribution in [0.5, 0.6) is 5.75 Å². The van der Waals surface area contributed by atoms with Crippen LogP contribution >= 0.6 is 11.3 Å². The minimum Gasteiger partial charge on any atom is -0.494 e. The number of aromatic carboxylic acids is 1. The van der Waals surface area contributed by atoms with Crippen LogP contribution in [-0.2, 0) is 0 Å². The maximum absolute atomic E-state index is 11.1. The van der Waals surface area contributed by atoms with Gasteiger partial charge in [-0.15, -0.1) is 0 Å². The third-order valence-electron chi connectivity index (χ3n) is 6.66. The Labute approximate surface area is 215 Å². The number of piperidine rings is 1. The first-order valence-electron chi connectivity index (χ1n) is 12.8. The molecule has 1 fully saturated rings. The first kappa shape index (κ1) is 24.5. The van der Waals surface area contributed by atoms with E-state index in [9.17, 15) is 4.79 Å². The molecule has 0 atom stereocenters. The van der Waals surface area contributed by atoms with Gasteiger partial charge in [0.05, 0.1) is 24.1 Å². The SMILES string of the molecule is O=C(O)c1ccc(-c2cn3nc(-c4ccc(OCCCCCCN5CCCCC5)cc4)sc3n2)cc1. The lowest BCUT2D eigenvalue weighted by molar-refractivity contribution is 0.0697. The zero-order valence-corrected chi connectivity index (χ0v) is 21.3. The average Bonchev–Trinajstić information content (AvgIpc) is 3.49. The van der Waals surface area contributed by atoms with Gasteiger partial charge in [0, 0.05) is 11.1 Å². The van der Waals surface area contributed by atoms with Gasteiger partial charge in [-0.2, -0.15) is 5.10 Å². The van der Waals surface area contributed by atoms with Crippen molar-refractivity contribution in [2.75, 3.05) is 26.2 Å². The van der Waals surface area contributed by atoms with E-state index in [0.717, 1.165) is 45.6 Å². The van der Waals surface area contributed by atoms with Crippen LogP contribution in [0.2, 0.25) is 0 Å². The topological polar surface area (TPSA) is 80.0 Å². The number of carboxylic acid groups (broad SMARTS) is 1. The third-order valence-corrected chi connectivity index (χ3v) is 7.63. The molecule has 0 aliphatic carbocycles. The summed E-state index contributed by atoms with van der Waals surface area (Å²) in [5.41, 5.74) is 2.92. The van der Waals surface area contributed by atoms with E-state index in [2.05, 4.69) is 15.0 Å². The molecule has 0 spiro atoms. The standard InChI is InChI=1S/C28H32N4O3S/c33-27(34)23-10-8-21(9-11-23)25-20-32-28(29-25)36-26(30-32)22-12-14-24(15-13-22)35-19-7-2-1-4-16-31-17-5-3-6-18-31/h8-15,20H,1-7,16-19H2,(H,33,34). The Balaban J connectivity index is 1.08. The van der Waals surface area contributed by atoms with E-state index >= 15 is 0 Å². The Bertz CT molecular complexity index is 1240. The van der Waals surface area contributed by atoms with Crippen LogP contribution in [0.4, 0.5) is 0 Å². The molecule has 8 heteroatoms. The number of likely N-dealkylation sites (tertiary alicyclic amines) is 1. The van der Waals surface area contributed by atoms with Crippen LogP contribution in [0, 0.1) is 0 Å². The normalized spacial score (nSPS) is 14.3. The Morgan fingerprint density at radius 3 is 2.36 bits per heavy atom. The zero-order chi connectivity index (χ0) is 24.7. The third kappa shape index (κ3) is 6.12. The van der Waals surface area contributed by atoms with Gasteiger partial charge in [0.15, 0.2) is 0 Å². The quantitative estimate of drug-likeness (QED) is 0.243. The van der Waals surface area contributed by atoms with E-state index in [0.29, 0.717) is 0 Å². The number of aromatic nitrogens is 3. The zero-order valence-electron chi connectivity index (χ0n) is 20.4. The van der Waals surface area contributed by atoms with E-state index in [1.165, 1.54) is 69.5 Å². The molecule has 0 radical (unpaired) electrons. The Morgan fingerprint density at radius 1 is 0.917 bits per heavy atom. The number of hydrogen-bond acceptors (Lipinski definition) is 6. The van der Waals surface area contributed by atoms with Crippen molar-refractivity contribution in [3.05, 3.63) is 60.3 Å². The monoisotopic (exact) mass is 504 g/mol. The van der Waals surface area contributed by atoms with Crippen molar-refractivity contribution >= 4 is 22.3 Å². The molecule has 36 heavy (non-hydrogen) atoms. The van der Waals surface area contributed by atoms with Crippen molar-refractivity contribution in [3.63, 3.8) is 0 Å². The molecule has 3 heterocycles. The van der Waals surface area contributed by atoms with Crippen LogP contribution in [0.1, 0.15) is 55.3 Å². The highest BCUT2D eigenvalue weighted by Crippen LogP contribution is 2.29. The lowest BCUT2D eigenvalue weighted by Gasteiger charge is -2.26. The number of nitrogens with zero attached hydrogens (tertiary/aromatic N) is 4. The minimum absolute atomic E-state index is 0.260. The number of hydrogen-bond donors (Lipinski definition) is 1. The van der Waals surface area contributed by atoms with Crippen molar-refractivity contribution in [1.29, 1.82) is 0 Å². The molecule has 0 amide bonds. The van der Waals surface area contributed by atoms with Gasteiger partial charge >= 0.3 is 5.97 Å². The first-order valence-corrected chi connectivity index (χ1v) is 13.6. The second-order valence-electron chi connectivity index (χ2n) is 9.33. The van der Waals surface area contributed by atoms with Gasteiger partial charge in [0.25, 0.3) is 0 Å². The second kappa shape index (κ2) is 11.7. The molecule has 2 aromatic heterocycles. The average molecular weight is 505 g/mol. The van der Waals surface area contributed by atoms with Gasteiger partial charge in [0.1, 0.15) is 10.8 Å². The highest BCUT2D eigenvalue weighted by atomic mass is 32.1. The molecule has 7 nitrogen and oxygen atoms in total. The molecule has 4 aromatic rings. The lowest BCUT2D eigenvalue weighted by atomic mass is 10.1. The molecule has 5 rings (SSSR count). The molecule has 1 aliphatic heterocycles. The Kier molecular flexibility index (Phi) is 7.93. The van der Waals surface area contributed by atoms with Gasteiger partial charge in [-0.3, -0.25) is 0 Å². The highest BCUT2D eigenvalue weighted by Gasteiger charge is 2.12. The molecule has 1 saturated heterocycles. The van der Waals surface area contributed by atoms with Gasteiger partial charge in [-0.1, -0.05) is 42.7 Å². The number of unbranched alkanes of at least 4 members (excludes halogenated alkanes) is 3. The van der Waals surface area contributed by atoms with Crippen LogP contribution in [0.3, 0.4) is 0 Å². The van der Waals surface area contributed by atoms with E-state index in [-0.39, 0.29) is 5.56 Å². The van der Waals surface area contributed by atoms with Crippen molar-refractivity contribution < 1.29 is 14.6 Å². The number of imidazole rings is 1. The number of benzene rings is 2. The van der Waals surface area contributed by atoms with Gasteiger partial charge in [-0.25, -0.2) is 14.3 Å². The van der Waals surface area contributed by atoms with Crippen LogP contribution in [0.25, 0.3) is 26.8 Å². The first-order chi connectivity index (χ1) is 17.7. The smallest absolute Gasteiger partial charge is 0.335 e. The van der Waals surface area contributed by atoms with Crippen molar-refractivity contribution in [2.45, 2.75) is 44.9 Å². The molecule has 0 saturated carbocycles.